The number of hydrogen-bond acceptors (Lipinski definition) is 2. The zero-order valence-electron chi connectivity index (χ0n) is 9.80. The lowest BCUT2D eigenvalue weighted by Crippen LogP contribution is -2.36. The van der Waals surface area contributed by atoms with E-state index in [0.29, 0.717) is 22.2 Å². The van der Waals surface area contributed by atoms with E-state index < -0.39 is 0 Å². The van der Waals surface area contributed by atoms with Crippen LogP contribution in [0.4, 0.5) is 0 Å². The second-order valence-electron chi connectivity index (χ2n) is 3.80. The lowest BCUT2D eigenvalue weighted by atomic mass is 10.1. The number of carbonyl (C=O) groups excluding carboxylic acids is 1. The molecule has 0 aliphatic carbocycles. The van der Waals surface area contributed by atoms with Crippen LogP contribution in [-0.4, -0.2) is 25.7 Å². The lowest BCUT2D eigenvalue weighted by molar-refractivity contribution is -0.121. The highest BCUT2D eigenvalue weighted by Gasteiger charge is 2.12. The summed E-state index contributed by atoms with van der Waals surface area (Å²) >= 11 is 12.0. The van der Waals surface area contributed by atoms with Gasteiger partial charge < -0.3 is 10.1 Å². The van der Waals surface area contributed by atoms with Crippen molar-refractivity contribution in [1.29, 1.82) is 0 Å². The highest BCUT2D eigenvalue weighted by molar-refractivity contribution is 6.36. The monoisotopic (exact) mass is 275 g/mol. The van der Waals surface area contributed by atoms with E-state index in [-0.39, 0.29) is 18.4 Å². The lowest BCUT2D eigenvalue weighted by Gasteiger charge is -2.13. The van der Waals surface area contributed by atoms with Crippen molar-refractivity contribution in [2.24, 2.45) is 0 Å². The Morgan fingerprint density at radius 2 is 2.00 bits per heavy atom. The number of ether oxygens (including phenoxy) is 1. The van der Waals surface area contributed by atoms with Gasteiger partial charge in [-0.3, -0.25) is 4.79 Å². The van der Waals surface area contributed by atoms with E-state index in [1.807, 2.05) is 6.92 Å². The van der Waals surface area contributed by atoms with E-state index in [4.69, 9.17) is 27.9 Å². The molecule has 1 aromatic carbocycles. The molecule has 1 N–H and O–H groups in total. The molecule has 0 aromatic heterocycles. The molecule has 0 saturated carbocycles. The number of rotatable bonds is 5. The molecule has 1 amide bonds. The average molecular weight is 276 g/mol. The minimum Gasteiger partial charge on any atom is -0.383 e. The van der Waals surface area contributed by atoms with Crippen molar-refractivity contribution in [3.8, 4) is 0 Å². The predicted octanol–water partition coefficient (Wildman–Crippen LogP) is 2.69. The summed E-state index contributed by atoms with van der Waals surface area (Å²) in [7, 11) is 1.59. The largest absolute Gasteiger partial charge is 0.383 e. The van der Waals surface area contributed by atoms with Gasteiger partial charge in [-0.1, -0.05) is 29.3 Å². The van der Waals surface area contributed by atoms with Crippen LogP contribution in [-0.2, 0) is 16.0 Å². The van der Waals surface area contributed by atoms with Gasteiger partial charge in [0.05, 0.1) is 13.0 Å². The molecule has 0 spiro atoms. The molecule has 0 radical (unpaired) electrons. The molecule has 1 atom stereocenters. The van der Waals surface area contributed by atoms with Gasteiger partial charge in [0.15, 0.2) is 0 Å². The maximum absolute atomic E-state index is 11.7. The number of hydrogen-bond donors (Lipinski definition) is 1. The zero-order valence-corrected chi connectivity index (χ0v) is 11.3. The Bertz CT molecular complexity index is 376. The van der Waals surface area contributed by atoms with Crippen LogP contribution in [0.25, 0.3) is 0 Å². The van der Waals surface area contributed by atoms with Crippen molar-refractivity contribution in [1.82, 2.24) is 5.32 Å². The number of nitrogens with one attached hydrogen (secondary N) is 1. The van der Waals surface area contributed by atoms with Crippen molar-refractivity contribution >= 4 is 29.1 Å². The fourth-order valence-corrected chi connectivity index (χ4v) is 2.01. The first-order valence-electron chi connectivity index (χ1n) is 5.25. The Morgan fingerprint density at radius 1 is 1.41 bits per heavy atom. The second kappa shape index (κ2) is 6.84. The van der Waals surface area contributed by atoms with E-state index in [0.717, 1.165) is 0 Å². The quantitative estimate of drug-likeness (QED) is 0.898. The molecule has 94 valence electrons. The zero-order chi connectivity index (χ0) is 12.8. The first-order valence-corrected chi connectivity index (χ1v) is 6.01. The van der Waals surface area contributed by atoms with Crippen molar-refractivity contribution < 1.29 is 9.53 Å². The van der Waals surface area contributed by atoms with E-state index >= 15 is 0 Å². The minimum absolute atomic E-state index is 0.0336. The van der Waals surface area contributed by atoms with Crippen molar-refractivity contribution in [2.75, 3.05) is 13.7 Å². The molecule has 0 fully saturated rings. The smallest absolute Gasteiger partial charge is 0.224 e. The van der Waals surface area contributed by atoms with Gasteiger partial charge in [-0.05, 0) is 24.6 Å². The summed E-state index contributed by atoms with van der Waals surface area (Å²) in [5, 5.41) is 3.82. The molecule has 0 aliphatic rings. The molecule has 0 bridgehead atoms. The summed E-state index contributed by atoms with van der Waals surface area (Å²) in [4.78, 5) is 11.7. The predicted molar refractivity (Wildman–Crippen MR) is 69.6 cm³/mol. The molecule has 0 saturated heterocycles. The number of amides is 1. The maximum Gasteiger partial charge on any atom is 0.224 e. The molecule has 0 unspecified atom stereocenters. The average Bonchev–Trinajstić information content (AvgIpc) is 2.24. The van der Waals surface area contributed by atoms with Gasteiger partial charge in [0.25, 0.3) is 0 Å². The molecule has 5 heteroatoms. The maximum atomic E-state index is 11.7. The van der Waals surface area contributed by atoms with Gasteiger partial charge in [0.1, 0.15) is 0 Å². The first kappa shape index (κ1) is 14.3. The third-order valence-electron chi connectivity index (χ3n) is 2.22. The van der Waals surface area contributed by atoms with Crippen LogP contribution >= 0.6 is 23.2 Å². The van der Waals surface area contributed by atoms with Gasteiger partial charge in [0, 0.05) is 23.2 Å². The second-order valence-corrected chi connectivity index (χ2v) is 4.62. The van der Waals surface area contributed by atoms with E-state index in [9.17, 15) is 4.79 Å². The van der Waals surface area contributed by atoms with Crippen LogP contribution in [0.2, 0.25) is 10.0 Å². The normalized spacial score (nSPS) is 12.2. The Kier molecular flexibility index (Phi) is 5.75. The standard InChI is InChI=1S/C12H15Cl2NO2/c1-8(7-17-2)15-12(16)6-9-10(13)4-3-5-11(9)14/h3-5,8H,6-7H2,1-2H3,(H,15,16)/t8-/m0/s1. The van der Waals surface area contributed by atoms with Crippen molar-refractivity contribution in [3.63, 3.8) is 0 Å². The van der Waals surface area contributed by atoms with Gasteiger partial charge in [-0.2, -0.15) is 0 Å². The van der Waals surface area contributed by atoms with Gasteiger partial charge in [-0.25, -0.2) is 0 Å². The molecular weight excluding hydrogens is 261 g/mol. The summed E-state index contributed by atoms with van der Waals surface area (Å²) in [5.74, 6) is -0.121. The minimum atomic E-state index is -0.121. The summed E-state index contributed by atoms with van der Waals surface area (Å²) in [6, 6.07) is 5.15. The summed E-state index contributed by atoms with van der Waals surface area (Å²) in [6.07, 6.45) is 0.173. The third kappa shape index (κ3) is 4.54. The fourth-order valence-electron chi connectivity index (χ4n) is 1.48. The van der Waals surface area contributed by atoms with E-state index in [1.165, 1.54) is 0 Å². The molecule has 1 rings (SSSR count). The number of methoxy groups -OCH3 is 1. The summed E-state index contributed by atoms with van der Waals surface area (Å²) in [6.45, 7) is 2.34. The molecule has 17 heavy (non-hydrogen) atoms. The Morgan fingerprint density at radius 3 is 2.53 bits per heavy atom. The van der Waals surface area contributed by atoms with Crippen LogP contribution in [0.3, 0.4) is 0 Å². The summed E-state index contributed by atoms with van der Waals surface area (Å²) < 4.78 is 4.94. The van der Waals surface area contributed by atoms with Crippen LogP contribution in [0.1, 0.15) is 12.5 Å². The van der Waals surface area contributed by atoms with Gasteiger partial charge in [0.2, 0.25) is 5.91 Å². The molecule has 3 nitrogen and oxygen atoms in total. The molecule has 1 aromatic rings. The third-order valence-corrected chi connectivity index (χ3v) is 2.93. The Balaban J connectivity index is 2.62. The van der Waals surface area contributed by atoms with Gasteiger partial charge in [-0.15, -0.1) is 0 Å². The molecule has 0 aliphatic heterocycles. The van der Waals surface area contributed by atoms with E-state index in [2.05, 4.69) is 5.32 Å². The van der Waals surface area contributed by atoms with Crippen LogP contribution < -0.4 is 5.32 Å². The highest BCUT2D eigenvalue weighted by Crippen LogP contribution is 2.24. The SMILES string of the molecule is COC[C@H](C)NC(=O)Cc1c(Cl)cccc1Cl. The van der Waals surface area contributed by atoms with Crippen LogP contribution in [0, 0.1) is 0 Å². The number of carbonyl (C=O) groups is 1. The van der Waals surface area contributed by atoms with Crippen LogP contribution in [0.5, 0.6) is 0 Å². The highest BCUT2D eigenvalue weighted by atomic mass is 35.5. The Labute approximate surface area is 111 Å². The van der Waals surface area contributed by atoms with Gasteiger partial charge >= 0.3 is 0 Å². The van der Waals surface area contributed by atoms with Crippen molar-refractivity contribution in [2.45, 2.75) is 19.4 Å². The van der Waals surface area contributed by atoms with Crippen LogP contribution in [0.15, 0.2) is 18.2 Å². The fraction of sp³-hybridized carbons (Fsp3) is 0.417. The number of halogens is 2. The molecule has 0 heterocycles. The number of benzene rings is 1. The van der Waals surface area contributed by atoms with Crippen molar-refractivity contribution in [3.05, 3.63) is 33.8 Å². The first-order chi connectivity index (χ1) is 8.04. The summed E-state index contributed by atoms with van der Waals surface area (Å²) in [5.41, 5.74) is 0.651. The Hall–Kier alpha value is -0.770. The molecular formula is C12H15Cl2NO2. The topological polar surface area (TPSA) is 38.3 Å². The van der Waals surface area contributed by atoms with E-state index in [1.54, 1.807) is 25.3 Å².